The molecule has 0 saturated heterocycles. The van der Waals surface area contributed by atoms with Crippen LogP contribution >= 0.6 is 11.6 Å². The Morgan fingerprint density at radius 1 is 1.08 bits per heavy atom. The van der Waals surface area contributed by atoms with E-state index in [-0.39, 0.29) is 21.4 Å². The highest BCUT2D eigenvalue weighted by Crippen LogP contribution is 2.27. The summed E-state index contributed by atoms with van der Waals surface area (Å²) in [6.07, 6.45) is 0. The molecule has 0 fully saturated rings. The molecule has 0 atom stereocenters. The molecule has 0 heterocycles. The second kappa shape index (κ2) is 7.78. The molecule has 0 aromatic heterocycles. The van der Waals surface area contributed by atoms with Gasteiger partial charge in [-0.05, 0) is 56.2 Å². The van der Waals surface area contributed by atoms with Crippen molar-refractivity contribution in [3.8, 4) is 0 Å². The molecule has 0 radical (unpaired) electrons. The van der Waals surface area contributed by atoms with Gasteiger partial charge in [-0.15, -0.1) is 0 Å². The molecule has 0 aliphatic heterocycles. The molecule has 26 heavy (non-hydrogen) atoms. The smallest absolute Gasteiger partial charge is 0.259 e. The maximum absolute atomic E-state index is 13.1. The van der Waals surface area contributed by atoms with Crippen LogP contribution in [0.4, 0.5) is 5.69 Å². The monoisotopic (exact) mass is 394 g/mol. The normalized spacial score (nSPS) is 11.7. The fourth-order valence-electron chi connectivity index (χ4n) is 2.62. The summed E-state index contributed by atoms with van der Waals surface area (Å²) in [4.78, 5) is 14.8. The van der Waals surface area contributed by atoms with Crippen molar-refractivity contribution < 1.29 is 13.2 Å². The Kier molecular flexibility index (Phi) is 6.11. The number of aryl methyl sites for hydroxylation is 2. The predicted molar refractivity (Wildman–Crippen MR) is 106 cm³/mol. The fourth-order valence-corrected chi connectivity index (χ4v) is 3.75. The number of rotatable bonds is 5. The lowest BCUT2D eigenvalue weighted by atomic mass is 10.1. The minimum atomic E-state index is -3.66. The average molecular weight is 395 g/mol. The number of nitrogens with zero attached hydrogens (tertiary/aromatic N) is 2. The Hall–Kier alpha value is -1.89. The number of anilines is 1. The van der Waals surface area contributed by atoms with Gasteiger partial charge in [-0.25, -0.2) is 12.7 Å². The number of amides is 1. The van der Waals surface area contributed by atoms with Crippen molar-refractivity contribution in [2.45, 2.75) is 25.7 Å². The van der Waals surface area contributed by atoms with E-state index in [2.05, 4.69) is 0 Å². The average Bonchev–Trinajstić information content (AvgIpc) is 2.58. The van der Waals surface area contributed by atoms with Crippen LogP contribution in [0.1, 0.15) is 28.4 Å². The Labute approximate surface area is 160 Å². The van der Waals surface area contributed by atoms with Crippen molar-refractivity contribution in [2.75, 3.05) is 25.5 Å². The highest BCUT2D eigenvalue weighted by molar-refractivity contribution is 7.89. The van der Waals surface area contributed by atoms with E-state index in [1.54, 1.807) is 4.90 Å². The van der Waals surface area contributed by atoms with Gasteiger partial charge in [0.15, 0.2) is 0 Å². The third kappa shape index (κ3) is 3.92. The summed E-state index contributed by atoms with van der Waals surface area (Å²) in [7, 11) is -0.769. The quantitative estimate of drug-likeness (QED) is 0.773. The first kappa shape index (κ1) is 20.4. The molecular weight excluding hydrogens is 372 g/mol. The van der Waals surface area contributed by atoms with Gasteiger partial charge < -0.3 is 4.90 Å². The molecular formula is C19H23ClN2O3S. The number of carbonyl (C=O) groups excluding carboxylic acids is 1. The van der Waals surface area contributed by atoms with Gasteiger partial charge in [0.2, 0.25) is 10.0 Å². The maximum atomic E-state index is 13.1. The van der Waals surface area contributed by atoms with Gasteiger partial charge in [0.1, 0.15) is 0 Å². The Bertz CT molecular complexity index is 940. The lowest BCUT2D eigenvalue weighted by molar-refractivity contribution is 0.0988. The number of carbonyl (C=O) groups is 1. The van der Waals surface area contributed by atoms with E-state index >= 15 is 0 Å². The van der Waals surface area contributed by atoms with E-state index in [4.69, 9.17) is 11.6 Å². The van der Waals surface area contributed by atoms with E-state index in [0.29, 0.717) is 6.54 Å². The Balaban J connectivity index is 2.56. The lowest BCUT2D eigenvalue weighted by Crippen LogP contribution is -2.32. The van der Waals surface area contributed by atoms with Crippen LogP contribution in [0.15, 0.2) is 41.3 Å². The van der Waals surface area contributed by atoms with Crippen LogP contribution in [0, 0.1) is 13.8 Å². The summed E-state index contributed by atoms with van der Waals surface area (Å²) in [5.74, 6) is -0.331. The first-order valence-corrected chi connectivity index (χ1v) is 10.0. The van der Waals surface area contributed by atoms with Crippen LogP contribution in [-0.2, 0) is 10.0 Å². The zero-order valence-electron chi connectivity index (χ0n) is 15.6. The van der Waals surface area contributed by atoms with Gasteiger partial charge in [0.25, 0.3) is 5.91 Å². The van der Waals surface area contributed by atoms with Crippen molar-refractivity contribution in [3.05, 3.63) is 58.1 Å². The van der Waals surface area contributed by atoms with Gasteiger partial charge in [-0.1, -0.05) is 23.7 Å². The van der Waals surface area contributed by atoms with Crippen molar-refractivity contribution in [1.29, 1.82) is 0 Å². The maximum Gasteiger partial charge on any atom is 0.259 e. The van der Waals surface area contributed by atoms with E-state index in [1.165, 1.54) is 32.3 Å². The number of hydrogen-bond donors (Lipinski definition) is 0. The molecule has 2 rings (SSSR count). The van der Waals surface area contributed by atoms with E-state index in [0.717, 1.165) is 21.1 Å². The SMILES string of the molecule is CCN(C(=O)c1cc(S(=O)(=O)N(C)C)ccc1Cl)c1cc(C)ccc1C. The topological polar surface area (TPSA) is 57.7 Å². The van der Waals surface area contributed by atoms with E-state index < -0.39 is 10.0 Å². The molecule has 0 unspecified atom stereocenters. The fraction of sp³-hybridized carbons (Fsp3) is 0.316. The Morgan fingerprint density at radius 2 is 1.73 bits per heavy atom. The van der Waals surface area contributed by atoms with Crippen LogP contribution < -0.4 is 4.90 Å². The number of hydrogen-bond acceptors (Lipinski definition) is 3. The molecule has 7 heteroatoms. The molecule has 2 aromatic carbocycles. The molecule has 0 N–H and O–H groups in total. The third-order valence-corrected chi connectivity index (χ3v) is 6.30. The predicted octanol–water partition coefficient (Wildman–Crippen LogP) is 3.87. The molecule has 5 nitrogen and oxygen atoms in total. The largest absolute Gasteiger partial charge is 0.308 e. The summed E-state index contributed by atoms with van der Waals surface area (Å²) in [6, 6.07) is 10.1. The van der Waals surface area contributed by atoms with Crippen molar-refractivity contribution in [3.63, 3.8) is 0 Å². The van der Waals surface area contributed by atoms with Gasteiger partial charge >= 0.3 is 0 Å². The molecule has 1 amide bonds. The highest BCUT2D eigenvalue weighted by atomic mass is 35.5. The van der Waals surface area contributed by atoms with Gasteiger partial charge in [-0.2, -0.15) is 0 Å². The van der Waals surface area contributed by atoms with Gasteiger partial charge in [0, 0.05) is 26.3 Å². The third-order valence-electron chi connectivity index (χ3n) is 4.16. The van der Waals surface area contributed by atoms with Gasteiger partial charge in [-0.3, -0.25) is 4.79 Å². The van der Waals surface area contributed by atoms with Crippen LogP contribution in [0.5, 0.6) is 0 Å². The zero-order valence-corrected chi connectivity index (χ0v) is 17.1. The summed E-state index contributed by atoms with van der Waals surface area (Å²) < 4.78 is 25.9. The van der Waals surface area contributed by atoms with Crippen molar-refractivity contribution in [1.82, 2.24) is 4.31 Å². The first-order valence-electron chi connectivity index (χ1n) is 8.20. The van der Waals surface area contributed by atoms with E-state index in [1.807, 2.05) is 39.0 Å². The first-order chi connectivity index (χ1) is 12.1. The minimum Gasteiger partial charge on any atom is -0.308 e. The molecule has 0 bridgehead atoms. The standard InChI is InChI=1S/C19H23ClN2O3S/c1-6-22(18-11-13(2)7-8-14(18)3)19(23)16-12-15(9-10-17(16)20)26(24,25)21(4)5/h7-12H,6H2,1-5H3. The molecule has 0 saturated carbocycles. The summed E-state index contributed by atoms with van der Waals surface area (Å²) in [6.45, 7) is 6.19. The molecule has 140 valence electrons. The van der Waals surface area contributed by atoms with Crippen LogP contribution in [-0.4, -0.2) is 39.3 Å². The van der Waals surface area contributed by atoms with Crippen molar-refractivity contribution in [2.24, 2.45) is 0 Å². The number of benzene rings is 2. The van der Waals surface area contributed by atoms with Crippen LogP contribution in [0.25, 0.3) is 0 Å². The minimum absolute atomic E-state index is 0.0345. The van der Waals surface area contributed by atoms with E-state index in [9.17, 15) is 13.2 Å². The Morgan fingerprint density at radius 3 is 2.31 bits per heavy atom. The second-order valence-electron chi connectivity index (χ2n) is 6.27. The van der Waals surface area contributed by atoms with Gasteiger partial charge in [0.05, 0.1) is 15.5 Å². The second-order valence-corrected chi connectivity index (χ2v) is 8.83. The molecule has 2 aromatic rings. The lowest BCUT2D eigenvalue weighted by Gasteiger charge is -2.24. The number of sulfonamides is 1. The number of halogens is 1. The van der Waals surface area contributed by atoms with Crippen LogP contribution in [0.2, 0.25) is 5.02 Å². The highest BCUT2D eigenvalue weighted by Gasteiger charge is 2.24. The summed E-state index contributed by atoms with van der Waals surface area (Å²) in [5.41, 5.74) is 2.94. The summed E-state index contributed by atoms with van der Waals surface area (Å²) in [5, 5.41) is 0.219. The van der Waals surface area contributed by atoms with Crippen molar-refractivity contribution >= 4 is 33.2 Å². The van der Waals surface area contributed by atoms with Crippen LogP contribution in [0.3, 0.4) is 0 Å². The molecule has 0 aliphatic rings. The molecule has 0 spiro atoms. The molecule has 0 aliphatic carbocycles. The summed E-state index contributed by atoms with van der Waals surface area (Å²) >= 11 is 6.22. The zero-order chi connectivity index (χ0) is 19.6.